The van der Waals surface area contributed by atoms with E-state index in [1.807, 2.05) is 26.8 Å². The third-order valence-electron chi connectivity index (χ3n) is 4.08. The molecule has 0 fully saturated rings. The topological polar surface area (TPSA) is 81.6 Å². The molecule has 1 aliphatic heterocycles. The SMILES string of the molecule is CCC1(CC)Oc2ccc(N)cc2N(C(C)CN)C1=O. The first-order valence-electron chi connectivity index (χ1n) is 7.11. The Kier molecular flexibility index (Phi) is 3.90. The fraction of sp³-hybridized carbons (Fsp3) is 0.533. The summed E-state index contributed by atoms with van der Waals surface area (Å²) < 4.78 is 6.02. The van der Waals surface area contributed by atoms with Crippen molar-refractivity contribution in [3.63, 3.8) is 0 Å². The zero-order chi connectivity index (χ0) is 14.9. The molecule has 1 aromatic rings. The first-order valence-corrected chi connectivity index (χ1v) is 7.11. The Balaban J connectivity index is 2.59. The number of hydrogen-bond donors (Lipinski definition) is 2. The minimum absolute atomic E-state index is 0.0291. The average Bonchev–Trinajstić information content (AvgIpc) is 2.46. The summed E-state index contributed by atoms with van der Waals surface area (Å²) in [6.45, 7) is 6.26. The van der Waals surface area contributed by atoms with Crippen LogP contribution in [0.5, 0.6) is 5.75 Å². The maximum atomic E-state index is 12.9. The number of amides is 1. The van der Waals surface area contributed by atoms with Crippen LogP contribution in [-0.4, -0.2) is 24.1 Å². The molecule has 1 aromatic carbocycles. The minimum atomic E-state index is -0.799. The van der Waals surface area contributed by atoms with Crippen molar-refractivity contribution in [1.29, 1.82) is 0 Å². The van der Waals surface area contributed by atoms with Gasteiger partial charge in [-0.25, -0.2) is 0 Å². The average molecular weight is 277 g/mol. The summed E-state index contributed by atoms with van der Waals surface area (Å²) in [5.41, 5.74) is 12.1. The molecule has 1 unspecified atom stereocenters. The molecule has 0 aliphatic carbocycles. The molecule has 4 N–H and O–H groups in total. The number of carbonyl (C=O) groups is 1. The Morgan fingerprint density at radius 3 is 2.55 bits per heavy atom. The lowest BCUT2D eigenvalue weighted by atomic mass is 9.92. The smallest absolute Gasteiger partial charge is 0.271 e. The van der Waals surface area contributed by atoms with Crippen molar-refractivity contribution in [1.82, 2.24) is 0 Å². The summed E-state index contributed by atoms with van der Waals surface area (Å²) in [6, 6.07) is 5.29. The number of benzene rings is 1. The lowest BCUT2D eigenvalue weighted by molar-refractivity contribution is -0.136. The molecule has 0 bridgehead atoms. The molecule has 2 rings (SSSR count). The van der Waals surface area contributed by atoms with Crippen LogP contribution in [0.25, 0.3) is 0 Å². The second kappa shape index (κ2) is 5.32. The van der Waals surface area contributed by atoms with Crippen LogP contribution in [0.3, 0.4) is 0 Å². The predicted octanol–water partition coefficient (Wildman–Crippen LogP) is 1.90. The van der Waals surface area contributed by atoms with Gasteiger partial charge in [-0.05, 0) is 38.0 Å². The van der Waals surface area contributed by atoms with Gasteiger partial charge in [0.15, 0.2) is 5.60 Å². The number of nitrogens with zero attached hydrogens (tertiary/aromatic N) is 1. The van der Waals surface area contributed by atoms with Crippen LogP contribution in [0.1, 0.15) is 33.6 Å². The minimum Gasteiger partial charge on any atom is -0.475 e. The molecule has 0 saturated carbocycles. The van der Waals surface area contributed by atoms with Gasteiger partial charge in [-0.2, -0.15) is 0 Å². The van der Waals surface area contributed by atoms with Gasteiger partial charge in [0.25, 0.3) is 5.91 Å². The van der Waals surface area contributed by atoms with Crippen LogP contribution in [-0.2, 0) is 4.79 Å². The molecule has 0 aromatic heterocycles. The molecule has 5 nitrogen and oxygen atoms in total. The van der Waals surface area contributed by atoms with Gasteiger partial charge in [-0.1, -0.05) is 13.8 Å². The highest BCUT2D eigenvalue weighted by Crippen LogP contribution is 2.42. The van der Waals surface area contributed by atoms with Crippen molar-refractivity contribution in [2.24, 2.45) is 5.73 Å². The van der Waals surface area contributed by atoms with E-state index >= 15 is 0 Å². The van der Waals surface area contributed by atoms with E-state index in [1.54, 1.807) is 17.0 Å². The Bertz CT molecular complexity index is 512. The normalized spacial score (nSPS) is 18.4. The lowest BCUT2D eigenvalue weighted by Gasteiger charge is -2.44. The molecule has 20 heavy (non-hydrogen) atoms. The standard InChI is InChI=1S/C15H23N3O2/c1-4-15(5-2)14(19)18(10(3)9-16)12-8-11(17)6-7-13(12)20-15/h6-8,10H,4-5,9,16-17H2,1-3H3. The van der Waals surface area contributed by atoms with Gasteiger partial charge in [0.05, 0.1) is 5.69 Å². The van der Waals surface area contributed by atoms with Crippen molar-refractivity contribution in [3.05, 3.63) is 18.2 Å². The van der Waals surface area contributed by atoms with E-state index in [0.717, 1.165) is 0 Å². The quantitative estimate of drug-likeness (QED) is 0.824. The highest BCUT2D eigenvalue weighted by molar-refractivity contribution is 6.03. The van der Waals surface area contributed by atoms with Crippen molar-refractivity contribution < 1.29 is 9.53 Å². The van der Waals surface area contributed by atoms with Crippen LogP contribution in [0.4, 0.5) is 11.4 Å². The number of nitrogen functional groups attached to an aromatic ring is 1. The van der Waals surface area contributed by atoms with Crippen LogP contribution in [0, 0.1) is 0 Å². The summed E-state index contributed by atoms with van der Waals surface area (Å²) in [6.07, 6.45) is 1.25. The van der Waals surface area contributed by atoms with Crippen molar-refractivity contribution in [2.75, 3.05) is 17.2 Å². The number of anilines is 2. The monoisotopic (exact) mass is 277 g/mol. The van der Waals surface area contributed by atoms with E-state index in [1.165, 1.54) is 0 Å². The molecule has 0 saturated heterocycles. The molecule has 1 heterocycles. The van der Waals surface area contributed by atoms with Gasteiger partial charge in [-0.3, -0.25) is 4.79 Å². The third-order valence-corrected chi connectivity index (χ3v) is 4.08. The predicted molar refractivity (Wildman–Crippen MR) is 80.8 cm³/mol. The first-order chi connectivity index (χ1) is 9.49. The molecule has 1 atom stereocenters. The van der Waals surface area contributed by atoms with Gasteiger partial charge in [0.1, 0.15) is 5.75 Å². The summed E-state index contributed by atoms with van der Waals surface area (Å²) in [5.74, 6) is 0.668. The molecule has 110 valence electrons. The summed E-state index contributed by atoms with van der Waals surface area (Å²) in [5, 5.41) is 0. The van der Waals surface area contributed by atoms with E-state index in [0.29, 0.717) is 36.5 Å². The fourth-order valence-electron chi connectivity index (χ4n) is 2.63. The number of ether oxygens (including phenoxy) is 1. The second-order valence-corrected chi connectivity index (χ2v) is 5.29. The van der Waals surface area contributed by atoms with Crippen molar-refractivity contribution >= 4 is 17.3 Å². The molecule has 1 amide bonds. The molecule has 5 heteroatoms. The Morgan fingerprint density at radius 1 is 1.35 bits per heavy atom. The molecular formula is C15H23N3O2. The maximum Gasteiger partial charge on any atom is 0.271 e. The van der Waals surface area contributed by atoms with Crippen molar-refractivity contribution in [2.45, 2.75) is 45.3 Å². The number of rotatable bonds is 4. The molecule has 1 aliphatic rings. The summed E-state index contributed by atoms with van der Waals surface area (Å²) in [4.78, 5) is 14.6. The van der Waals surface area contributed by atoms with Crippen molar-refractivity contribution in [3.8, 4) is 5.75 Å². The van der Waals surface area contributed by atoms with Gasteiger partial charge in [0.2, 0.25) is 0 Å². The Morgan fingerprint density at radius 2 is 2.00 bits per heavy atom. The highest BCUT2D eigenvalue weighted by atomic mass is 16.5. The van der Waals surface area contributed by atoms with Gasteiger partial charge < -0.3 is 21.1 Å². The highest BCUT2D eigenvalue weighted by Gasteiger charge is 2.46. The first kappa shape index (κ1) is 14.7. The van der Waals surface area contributed by atoms with Gasteiger partial charge in [0, 0.05) is 18.3 Å². The van der Waals surface area contributed by atoms with E-state index in [4.69, 9.17) is 16.2 Å². The zero-order valence-electron chi connectivity index (χ0n) is 12.3. The number of fused-ring (bicyclic) bond motifs is 1. The van der Waals surface area contributed by atoms with E-state index in [2.05, 4.69) is 0 Å². The summed E-state index contributed by atoms with van der Waals surface area (Å²) >= 11 is 0. The van der Waals surface area contributed by atoms with E-state index < -0.39 is 5.60 Å². The van der Waals surface area contributed by atoms with Gasteiger partial charge in [-0.15, -0.1) is 0 Å². The van der Waals surface area contributed by atoms with Crippen LogP contribution < -0.4 is 21.1 Å². The summed E-state index contributed by atoms with van der Waals surface area (Å²) in [7, 11) is 0. The Labute approximate surface area is 119 Å². The largest absolute Gasteiger partial charge is 0.475 e. The van der Waals surface area contributed by atoms with Crippen LogP contribution in [0.2, 0.25) is 0 Å². The number of hydrogen-bond acceptors (Lipinski definition) is 4. The van der Waals surface area contributed by atoms with E-state index in [9.17, 15) is 4.79 Å². The molecule has 0 spiro atoms. The second-order valence-electron chi connectivity index (χ2n) is 5.29. The molecule has 0 radical (unpaired) electrons. The number of nitrogens with two attached hydrogens (primary N) is 2. The van der Waals surface area contributed by atoms with E-state index in [-0.39, 0.29) is 11.9 Å². The van der Waals surface area contributed by atoms with Gasteiger partial charge >= 0.3 is 0 Å². The fourth-order valence-corrected chi connectivity index (χ4v) is 2.63. The number of carbonyl (C=O) groups excluding carboxylic acids is 1. The zero-order valence-corrected chi connectivity index (χ0v) is 12.3. The maximum absolute atomic E-state index is 12.9. The van der Waals surface area contributed by atoms with Crippen LogP contribution >= 0.6 is 0 Å². The Hall–Kier alpha value is -1.75. The lowest BCUT2D eigenvalue weighted by Crippen LogP contribution is -2.59. The third kappa shape index (κ3) is 2.12. The van der Waals surface area contributed by atoms with Crippen LogP contribution in [0.15, 0.2) is 18.2 Å². The molecular weight excluding hydrogens is 254 g/mol.